The molecule has 0 bridgehead atoms. The molecular formula is C33H27F18N7S3. The van der Waals surface area contributed by atoms with Crippen LogP contribution in [0.15, 0.2) is 54.6 Å². The standard InChI is InChI=1S/C33H27F18N7S3/c34-28(35,36)16-7-17(29(37,38)39)11-22(10-16)55-25(59)52-1-4-58(5-2-53-26(60)56-23-12-18(30(40,41)42)8-19(13-23)31(43,44)45)6-3-54-27(61)57-24-14-20(32(46,47)48)9-21(15-24)33(49,50)51/h7-15H,1-6H2,(H2,52,55,59)(H2,53,56,60)(H2,54,57,61). The Labute approximate surface area is 348 Å². The zero-order valence-corrected chi connectivity index (χ0v) is 32.4. The van der Waals surface area contributed by atoms with E-state index in [0.717, 1.165) is 0 Å². The maximum Gasteiger partial charge on any atom is 0.416 e. The highest BCUT2D eigenvalue weighted by Crippen LogP contribution is 2.40. The van der Waals surface area contributed by atoms with E-state index in [9.17, 15) is 79.0 Å². The molecule has 0 aliphatic rings. The van der Waals surface area contributed by atoms with E-state index in [1.807, 2.05) is 0 Å². The predicted octanol–water partition coefficient (Wildman–Crippen LogP) is 10.4. The van der Waals surface area contributed by atoms with Crippen molar-refractivity contribution in [1.82, 2.24) is 20.9 Å². The highest BCUT2D eigenvalue weighted by Gasteiger charge is 2.39. The van der Waals surface area contributed by atoms with Crippen LogP contribution in [0.4, 0.5) is 96.1 Å². The van der Waals surface area contributed by atoms with Crippen molar-refractivity contribution >= 4 is 69.1 Å². The highest BCUT2D eigenvalue weighted by molar-refractivity contribution is 7.80. The van der Waals surface area contributed by atoms with Crippen molar-refractivity contribution < 1.29 is 79.0 Å². The first-order valence-electron chi connectivity index (χ1n) is 16.5. The van der Waals surface area contributed by atoms with E-state index in [-0.39, 0.29) is 57.5 Å². The van der Waals surface area contributed by atoms with Gasteiger partial charge in [-0.3, -0.25) is 4.90 Å². The van der Waals surface area contributed by atoms with Crippen LogP contribution in [0.5, 0.6) is 0 Å². The zero-order valence-electron chi connectivity index (χ0n) is 29.9. The minimum atomic E-state index is -5.16. The van der Waals surface area contributed by atoms with Crippen LogP contribution in [0.25, 0.3) is 0 Å². The maximum atomic E-state index is 13.3. The van der Waals surface area contributed by atoms with Gasteiger partial charge in [0.2, 0.25) is 0 Å². The van der Waals surface area contributed by atoms with Crippen molar-refractivity contribution in [3.63, 3.8) is 0 Å². The van der Waals surface area contributed by atoms with Gasteiger partial charge >= 0.3 is 37.1 Å². The lowest BCUT2D eigenvalue weighted by molar-refractivity contribution is -0.144. The molecular weight excluding hydrogens is 933 g/mol. The van der Waals surface area contributed by atoms with Gasteiger partial charge in [0.15, 0.2) is 15.3 Å². The summed E-state index contributed by atoms with van der Waals surface area (Å²) in [6.07, 6.45) is -31.0. The second kappa shape index (κ2) is 19.6. The number of halogens is 18. The van der Waals surface area contributed by atoms with Gasteiger partial charge in [-0.25, -0.2) is 0 Å². The van der Waals surface area contributed by atoms with Gasteiger partial charge in [-0.2, -0.15) is 79.0 Å². The normalized spacial score (nSPS) is 12.8. The summed E-state index contributed by atoms with van der Waals surface area (Å²) < 4.78 is 239. The van der Waals surface area contributed by atoms with Gasteiger partial charge in [0.25, 0.3) is 0 Å². The zero-order chi connectivity index (χ0) is 46.4. The van der Waals surface area contributed by atoms with E-state index >= 15 is 0 Å². The number of rotatable bonds is 12. The summed E-state index contributed by atoms with van der Waals surface area (Å²) in [5.74, 6) is 0. The Kier molecular flexibility index (Phi) is 16.4. The fourth-order valence-electron chi connectivity index (χ4n) is 4.93. The number of benzene rings is 3. The Bertz CT molecular complexity index is 1700. The third kappa shape index (κ3) is 16.7. The molecule has 6 N–H and O–H groups in total. The van der Waals surface area contributed by atoms with E-state index in [4.69, 9.17) is 36.7 Å². The van der Waals surface area contributed by atoms with E-state index in [1.54, 1.807) is 0 Å². The molecule has 338 valence electrons. The molecule has 0 fully saturated rings. The molecule has 0 atom stereocenters. The predicted molar refractivity (Wildman–Crippen MR) is 198 cm³/mol. The lowest BCUT2D eigenvalue weighted by Crippen LogP contribution is -2.44. The molecule has 28 heteroatoms. The van der Waals surface area contributed by atoms with Gasteiger partial charge in [-0.15, -0.1) is 0 Å². The van der Waals surface area contributed by atoms with Crippen LogP contribution in [0.1, 0.15) is 33.4 Å². The van der Waals surface area contributed by atoms with Gasteiger partial charge in [0, 0.05) is 56.3 Å². The lowest BCUT2D eigenvalue weighted by Gasteiger charge is -2.24. The first kappa shape index (κ1) is 50.8. The SMILES string of the molecule is FC(F)(F)c1cc(NC(=S)NCCN(CCNC(=S)Nc2cc(C(F)(F)F)cc(C(F)(F)F)c2)CCNC(=S)Nc2cc(C(F)(F)F)cc(C(F)(F)F)c2)cc(C(F)(F)F)c1. The second-order valence-corrected chi connectivity index (χ2v) is 13.6. The molecule has 0 unspecified atom stereocenters. The third-order valence-electron chi connectivity index (χ3n) is 7.68. The first-order chi connectivity index (χ1) is 27.7. The van der Waals surface area contributed by atoms with Crippen LogP contribution in [0, 0.1) is 0 Å². The average molecular weight is 960 g/mol. The monoisotopic (exact) mass is 959 g/mol. The summed E-state index contributed by atoms with van der Waals surface area (Å²) in [6, 6.07) is 1.89. The molecule has 0 amide bonds. The summed E-state index contributed by atoms with van der Waals surface area (Å²) in [7, 11) is 0. The average Bonchev–Trinajstić information content (AvgIpc) is 3.08. The molecule has 0 aromatic heterocycles. The number of nitrogens with one attached hydrogen (secondary N) is 6. The number of alkyl halides is 18. The Morgan fingerprint density at radius 1 is 0.344 bits per heavy atom. The summed E-state index contributed by atoms with van der Waals surface area (Å²) >= 11 is 15.0. The van der Waals surface area contributed by atoms with Crippen LogP contribution >= 0.6 is 36.7 Å². The molecule has 0 heterocycles. The molecule has 3 aromatic carbocycles. The summed E-state index contributed by atoms with van der Waals surface area (Å²) in [4.78, 5) is 1.50. The van der Waals surface area contributed by atoms with Crippen LogP contribution in [-0.4, -0.2) is 59.5 Å². The molecule has 0 radical (unpaired) electrons. The van der Waals surface area contributed by atoms with Crippen LogP contribution in [0.3, 0.4) is 0 Å². The number of hydrogen-bond donors (Lipinski definition) is 6. The van der Waals surface area contributed by atoms with E-state index < -0.39 is 103 Å². The first-order valence-corrected chi connectivity index (χ1v) is 17.7. The summed E-state index contributed by atoms with van der Waals surface area (Å²) in [6.45, 7) is -0.862. The molecule has 7 nitrogen and oxygen atoms in total. The van der Waals surface area contributed by atoms with Crippen LogP contribution in [0.2, 0.25) is 0 Å². The third-order valence-corrected chi connectivity index (χ3v) is 8.42. The molecule has 3 aromatic rings. The maximum absolute atomic E-state index is 13.3. The minimum absolute atomic E-state index is 0.0902. The smallest absolute Gasteiger partial charge is 0.361 e. The Morgan fingerprint density at radius 2 is 0.525 bits per heavy atom. The van der Waals surface area contributed by atoms with Gasteiger partial charge in [0.1, 0.15) is 0 Å². The van der Waals surface area contributed by atoms with Gasteiger partial charge in [-0.05, 0) is 91.3 Å². The number of thiocarbonyl (C=S) groups is 3. The Balaban J connectivity index is 1.71. The molecule has 0 aliphatic heterocycles. The largest absolute Gasteiger partial charge is 0.416 e. The fourth-order valence-corrected chi connectivity index (χ4v) is 5.58. The summed E-state index contributed by atoms with van der Waals surface area (Å²) in [5, 5.41) is 12.9. The van der Waals surface area contributed by atoms with Crippen molar-refractivity contribution in [2.24, 2.45) is 0 Å². The molecule has 0 saturated heterocycles. The van der Waals surface area contributed by atoms with Crippen molar-refractivity contribution in [1.29, 1.82) is 0 Å². The second-order valence-electron chi connectivity index (χ2n) is 12.4. The van der Waals surface area contributed by atoms with Crippen LogP contribution in [-0.2, 0) is 37.1 Å². The Hall–Kier alpha value is -4.57. The van der Waals surface area contributed by atoms with Gasteiger partial charge in [-0.1, -0.05) is 0 Å². The van der Waals surface area contributed by atoms with Crippen molar-refractivity contribution in [2.45, 2.75) is 37.1 Å². The molecule has 0 aliphatic carbocycles. The minimum Gasteiger partial charge on any atom is -0.361 e. The van der Waals surface area contributed by atoms with Gasteiger partial charge in [0.05, 0.1) is 33.4 Å². The number of hydrogen-bond acceptors (Lipinski definition) is 4. The molecule has 0 spiro atoms. The van der Waals surface area contributed by atoms with E-state index in [1.165, 1.54) is 4.90 Å². The van der Waals surface area contributed by atoms with Gasteiger partial charge < -0.3 is 31.9 Å². The summed E-state index contributed by atoms with van der Waals surface area (Å²) in [5.41, 5.74) is -11.9. The van der Waals surface area contributed by atoms with E-state index in [2.05, 4.69) is 31.9 Å². The van der Waals surface area contributed by atoms with Crippen molar-refractivity contribution in [3.05, 3.63) is 88.0 Å². The van der Waals surface area contributed by atoms with Crippen molar-refractivity contribution in [3.8, 4) is 0 Å². The Morgan fingerprint density at radius 3 is 0.689 bits per heavy atom. The molecule has 3 rings (SSSR count). The fraction of sp³-hybridized carbons (Fsp3) is 0.364. The quantitative estimate of drug-likeness (QED) is 0.0781. The molecule has 61 heavy (non-hydrogen) atoms. The number of nitrogens with zero attached hydrogens (tertiary/aromatic N) is 1. The number of anilines is 3. The molecule has 0 saturated carbocycles. The highest BCUT2D eigenvalue weighted by atomic mass is 32.1. The van der Waals surface area contributed by atoms with Crippen LogP contribution < -0.4 is 31.9 Å². The van der Waals surface area contributed by atoms with Crippen molar-refractivity contribution in [2.75, 3.05) is 55.2 Å². The topological polar surface area (TPSA) is 75.4 Å². The lowest BCUT2D eigenvalue weighted by atomic mass is 10.1. The van der Waals surface area contributed by atoms with E-state index in [0.29, 0.717) is 36.4 Å².